The van der Waals surface area contributed by atoms with Crippen LogP contribution in [0.3, 0.4) is 0 Å². The molecule has 0 radical (unpaired) electrons. The topological polar surface area (TPSA) is 93.1 Å². The van der Waals surface area contributed by atoms with E-state index in [2.05, 4.69) is 0 Å². The molecule has 188 valence electrons. The molecule has 1 N–H and O–H groups in total. The van der Waals surface area contributed by atoms with Crippen LogP contribution in [0.15, 0.2) is 66.2 Å². The highest BCUT2D eigenvalue weighted by Crippen LogP contribution is 2.43. The van der Waals surface area contributed by atoms with Crippen molar-refractivity contribution in [3.8, 4) is 11.5 Å². The van der Waals surface area contributed by atoms with Gasteiger partial charge in [-0.15, -0.1) is 0 Å². The number of hydrogen-bond acceptors (Lipinski definition) is 6. The zero-order valence-electron chi connectivity index (χ0n) is 21.1. The molecular weight excluding hydrogens is 470 g/mol. The summed E-state index contributed by atoms with van der Waals surface area (Å²) in [5.41, 5.74) is 4.38. The first kappa shape index (κ1) is 24.3. The standard InChI is InChI=1S/C30H27NO6/c1-16-8-10-23(12-17(16)2)31-27(20-6-5-7-24(15-20)37-19(4)32)26(29(34)30(31)35)28(33)21-9-11-25-22(14-21)13-18(3)36-25/h5-12,14-15,18,27,33H,13H2,1-4H3/b28-26-. The van der Waals surface area contributed by atoms with Crippen LogP contribution in [0.2, 0.25) is 0 Å². The molecule has 3 aromatic carbocycles. The minimum atomic E-state index is -0.930. The van der Waals surface area contributed by atoms with Gasteiger partial charge in [-0.25, -0.2) is 0 Å². The predicted octanol–water partition coefficient (Wildman–Crippen LogP) is 5.18. The Morgan fingerprint density at radius 1 is 1.03 bits per heavy atom. The molecule has 2 heterocycles. The van der Waals surface area contributed by atoms with Crippen molar-refractivity contribution >= 4 is 29.1 Å². The normalized spacial score (nSPS) is 20.1. The van der Waals surface area contributed by atoms with Crippen molar-refractivity contribution in [2.45, 2.75) is 46.3 Å². The van der Waals surface area contributed by atoms with Gasteiger partial charge >= 0.3 is 5.97 Å². The fraction of sp³-hybridized carbons (Fsp3) is 0.233. The van der Waals surface area contributed by atoms with Crippen LogP contribution in [0.25, 0.3) is 5.76 Å². The van der Waals surface area contributed by atoms with Crippen LogP contribution >= 0.6 is 0 Å². The number of carbonyl (C=O) groups is 3. The van der Waals surface area contributed by atoms with Crippen LogP contribution < -0.4 is 14.4 Å². The maximum Gasteiger partial charge on any atom is 0.308 e. The molecule has 7 heteroatoms. The monoisotopic (exact) mass is 497 g/mol. The molecule has 1 fully saturated rings. The number of anilines is 1. The molecule has 0 saturated carbocycles. The average molecular weight is 498 g/mol. The van der Waals surface area contributed by atoms with E-state index in [0.717, 1.165) is 22.4 Å². The maximum atomic E-state index is 13.5. The molecule has 0 aliphatic carbocycles. The number of amides is 1. The van der Waals surface area contributed by atoms with Crippen molar-refractivity contribution in [1.29, 1.82) is 0 Å². The number of benzene rings is 3. The average Bonchev–Trinajstić information content (AvgIpc) is 3.35. The van der Waals surface area contributed by atoms with Crippen LogP contribution in [0.5, 0.6) is 11.5 Å². The number of aliphatic hydroxyl groups excluding tert-OH is 1. The minimum absolute atomic E-state index is 0.0202. The summed E-state index contributed by atoms with van der Waals surface area (Å²) < 4.78 is 11.0. The lowest BCUT2D eigenvalue weighted by atomic mass is 9.94. The summed E-state index contributed by atoms with van der Waals surface area (Å²) in [5, 5.41) is 11.5. The van der Waals surface area contributed by atoms with E-state index in [4.69, 9.17) is 9.47 Å². The van der Waals surface area contributed by atoms with E-state index >= 15 is 0 Å². The fourth-order valence-corrected chi connectivity index (χ4v) is 4.93. The Kier molecular flexibility index (Phi) is 6.07. The molecule has 7 nitrogen and oxygen atoms in total. The number of aliphatic hydroxyl groups is 1. The fourth-order valence-electron chi connectivity index (χ4n) is 4.93. The number of hydrogen-bond donors (Lipinski definition) is 1. The van der Waals surface area contributed by atoms with E-state index in [0.29, 0.717) is 23.2 Å². The summed E-state index contributed by atoms with van der Waals surface area (Å²) in [6.45, 7) is 7.15. The number of aryl methyl sites for hydroxylation is 2. The number of rotatable bonds is 4. The van der Waals surface area contributed by atoms with Crippen molar-refractivity contribution in [1.82, 2.24) is 0 Å². The maximum absolute atomic E-state index is 13.5. The second-order valence-electron chi connectivity index (χ2n) is 9.56. The van der Waals surface area contributed by atoms with Crippen LogP contribution in [-0.2, 0) is 20.8 Å². The number of Topliss-reactive ketones (excluding diaryl/α,β-unsaturated/α-hetero) is 1. The Labute approximate surface area is 214 Å². The molecular formula is C30H27NO6. The van der Waals surface area contributed by atoms with Gasteiger partial charge in [-0.05, 0) is 85.5 Å². The third-order valence-electron chi connectivity index (χ3n) is 6.82. The van der Waals surface area contributed by atoms with Gasteiger partial charge in [0.15, 0.2) is 0 Å². The van der Waals surface area contributed by atoms with Gasteiger partial charge in [0, 0.05) is 24.6 Å². The molecule has 2 atom stereocenters. The molecule has 2 aliphatic heterocycles. The SMILES string of the molecule is CC(=O)Oc1cccc(C2/C(=C(/O)c3ccc4c(c3)CC(C)O4)C(=O)C(=O)N2c2ccc(C)c(C)c2)c1. The second kappa shape index (κ2) is 9.24. The van der Waals surface area contributed by atoms with Gasteiger partial charge in [-0.3, -0.25) is 19.3 Å². The first-order chi connectivity index (χ1) is 17.6. The van der Waals surface area contributed by atoms with E-state index in [1.807, 2.05) is 32.9 Å². The van der Waals surface area contributed by atoms with E-state index in [1.165, 1.54) is 11.8 Å². The minimum Gasteiger partial charge on any atom is -0.507 e. The predicted molar refractivity (Wildman–Crippen MR) is 139 cm³/mol. The molecule has 2 aliphatic rings. The summed E-state index contributed by atoms with van der Waals surface area (Å²) in [6, 6.07) is 16.5. The lowest BCUT2D eigenvalue weighted by Gasteiger charge is -2.26. The molecule has 0 bridgehead atoms. The molecule has 1 saturated heterocycles. The Bertz CT molecular complexity index is 1490. The van der Waals surface area contributed by atoms with E-state index < -0.39 is 23.7 Å². The van der Waals surface area contributed by atoms with Crippen LogP contribution in [0.4, 0.5) is 5.69 Å². The number of ketones is 1. The first-order valence-electron chi connectivity index (χ1n) is 12.1. The summed E-state index contributed by atoms with van der Waals surface area (Å²) in [4.78, 5) is 39.9. The van der Waals surface area contributed by atoms with E-state index in [9.17, 15) is 19.5 Å². The third kappa shape index (κ3) is 4.37. The molecule has 5 rings (SSSR count). The van der Waals surface area contributed by atoms with Crippen molar-refractivity contribution in [3.63, 3.8) is 0 Å². The van der Waals surface area contributed by atoms with E-state index in [-0.39, 0.29) is 23.2 Å². The Morgan fingerprint density at radius 3 is 2.54 bits per heavy atom. The summed E-state index contributed by atoms with van der Waals surface area (Å²) >= 11 is 0. The number of esters is 1. The summed E-state index contributed by atoms with van der Waals surface area (Å²) in [5.74, 6) is -1.27. The molecule has 3 aromatic rings. The first-order valence-corrected chi connectivity index (χ1v) is 12.1. The lowest BCUT2D eigenvalue weighted by Crippen LogP contribution is -2.29. The zero-order valence-corrected chi connectivity index (χ0v) is 21.1. The highest BCUT2D eigenvalue weighted by Gasteiger charge is 2.47. The molecule has 0 aromatic heterocycles. The zero-order chi connectivity index (χ0) is 26.4. The number of nitrogens with zero attached hydrogens (tertiary/aromatic N) is 1. The van der Waals surface area contributed by atoms with Crippen LogP contribution in [0.1, 0.15) is 47.7 Å². The molecule has 37 heavy (non-hydrogen) atoms. The van der Waals surface area contributed by atoms with Gasteiger partial charge in [0.2, 0.25) is 0 Å². The largest absolute Gasteiger partial charge is 0.507 e. The van der Waals surface area contributed by atoms with Gasteiger partial charge in [0.25, 0.3) is 11.7 Å². The van der Waals surface area contributed by atoms with Gasteiger partial charge in [-0.1, -0.05) is 18.2 Å². The number of carbonyl (C=O) groups excluding carboxylic acids is 3. The van der Waals surface area contributed by atoms with Gasteiger partial charge in [0.05, 0.1) is 11.6 Å². The van der Waals surface area contributed by atoms with Crippen LogP contribution in [-0.4, -0.2) is 28.9 Å². The number of fused-ring (bicyclic) bond motifs is 1. The smallest absolute Gasteiger partial charge is 0.308 e. The lowest BCUT2D eigenvalue weighted by molar-refractivity contribution is -0.132. The molecule has 2 unspecified atom stereocenters. The van der Waals surface area contributed by atoms with Gasteiger partial charge in [-0.2, -0.15) is 0 Å². The Balaban J connectivity index is 1.70. The number of ether oxygens (including phenoxy) is 2. The Morgan fingerprint density at radius 2 is 1.81 bits per heavy atom. The Hall–Kier alpha value is -4.39. The van der Waals surface area contributed by atoms with Crippen molar-refractivity contribution in [3.05, 3.63) is 94.1 Å². The van der Waals surface area contributed by atoms with Crippen molar-refractivity contribution in [2.75, 3.05) is 4.90 Å². The second-order valence-corrected chi connectivity index (χ2v) is 9.56. The highest BCUT2D eigenvalue weighted by molar-refractivity contribution is 6.51. The van der Waals surface area contributed by atoms with Gasteiger partial charge < -0.3 is 14.6 Å². The highest BCUT2D eigenvalue weighted by atomic mass is 16.5. The van der Waals surface area contributed by atoms with Crippen molar-refractivity contribution < 1.29 is 29.0 Å². The van der Waals surface area contributed by atoms with Gasteiger partial charge in [0.1, 0.15) is 23.4 Å². The summed E-state index contributed by atoms with van der Waals surface area (Å²) in [6.07, 6.45) is 0.702. The molecule has 1 amide bonds. The molecule has 0 spiro atoms. The van der Waals surface area contributed by atoms with Crippen molar-refractivity contribution in [2.24, 2.45) is 0 Å². The summed E-state index contributed by atoms with van der Waals surface area (Å²) in [7, 11) is 0. The third-order valence-corrected chi connectivity index (χ3v) is 6.82. The quantitative estimate of drug-likeness (QED) is 0.176. The van der Waals surface area contributed by atoms with E-state index in [1.54, 1.807) is 48.5 Å². The van der Waals surface area contributed by atoms with Crippen LogP contribution in [0, 0.1) is 13.8 Å².